The van der Waals surface area contributed by atoms with E-state index in [4.69, 9.17) is 4.74 Å². The third-order valence-electron chi connectivity index (χ3n) is 3.75. The number of hydrogen-bond acceptors (Lipinski definition) is 3. The van der Waals surface area contributed by atoms with Gasteiger partial charge in [-0.2, -0.15) is 22.0 Å². The summed E-state index contributed by atoms with van der Waals surface area (Å²) in [5.74, 6) is -6.54. The van der Waals surface area contributed by atoms with Crippen molar-refractivity contribution in [2.45, 2.75) is 17.7 Å². The molecule has 26 heavy (non-hydrogen) atoms. The highest BCUT2D eigenvalue weighted by Gasteiger charge is 2.59. The molecule has 0 N–H and O–H groups in total. The fourth-order valence-electron chi connectivity index (χ4n) is 2.41. The normalized spacial score (nSPS) is 12.7. The lowest BCUT2D eigenvalue weighted by Crippen LogP contribution is -2.46. The van der Waals surface area contributed by atoms with Crippen molar-refractivity contribution in [2.75, 3.05) is 13.7 Å². The molecule has 0 saturated heterocycles. The number of carbonyl (C=O) groups excluding carboxylic acids is 1. The standard InChI is InChI=1S/C18H15F5O3/c1-25-17(13-8-4-2-5-9-13,14-10-6-3-7-11-14)15(24)26-12-16(19,20)18(21,22)23/h2-11H,12H2,1H3. The SMILES string of the molecule is COC(C(=O)OCC(F)(F)C(F)(F)F)(c1ccccc1)c1ccccc1. The van der Waals surface area contributed by atoms with E-state index in [1.54, 1.807) is 36.4 Å². The van der Waals surface area contributed by atoms with Gasteiger partial charge in [-0.25, -0.2) is 4.79 Å². The summed E-state index contributed by atoms with van der Waals surface area (Å²) in [5, 5.41) is 0. The van der Waals surface area contributed by atoms with E-state index in [0.29, 0.717) is 0 Å². The van der Waals surface area contributed by atoms with E-state index in [1.807, 2.05) is 0 Å². The molecule has 0 aromatic heterocycles. The first kappa shape index (κ1) is 19.8. The van der Waals surface area contributed by atoms with Crippen LogP contribution >= 0.6 is 0 Å². The van der Waals surface area contributed by atoms with E-state index >= 15 is 0 Å². The summed E-state index contributed by atoms with van der Waals surface area (Å²) in [5.41, 5.74) is -1.52. The molecule has 0 saturated carbocycles. The van der Waals surface area contributed by atoms with Gasteiger partial charge in [0.25, 0.3) is 0 Å². The van der Waals surface area contributed by atoms with E-state index in [9.17, 15) is 26.7 Å². The van der Waals surface area contributed by atoms with Crippen LogP contribution in [0.15, 0.2) is 60.7 Å². The number of rotatable bonds is 6. The second-order valence-electron chi connectivity index (χ2n) is 5.40. The van der Waals surface area contributed by atoms with E-state index in [2.05, 4.69) is 4.74 Å². The first-order valence-electron chi connectivity index (χ1n) is 7.43. The summed E-state index contributed by atoms with van der Waals surface area (Å²) >= 11 is 0. The van der Waals surface area contributed by atoms with Gasteiger partial charge in [-0.1, -0.05) is 60.7 Å². The average Bonchev–Trinajstić information content (AvgIpc) is 2.62. The number of ether oxygens (including phenoxy) is 2. The molecule has 0 aliphatic rings. The molecule has 140 valence electrons. The lowest BCUT2D eigenvalue weighted by Gasteiger charge is -2.32. The van der Waals surface area contributed by atoms with Crippen LogP contribution in [0.2, 0.25) is 0 Å². The molecule has 0 heterocycles. The Balaban J connectivity index is 2.44. The Morgan fingerprint density at radius 2 is 1.27 bits per heavy atom. The average molecular weight is 374 g/mol. The molecular weight excluding hydrogens is 359 g/mol. The fraction of sp³-hybridized carbons (Fsp3) is 0.278. The Hall–Kier alpha value is -2.48. The highest BCUT2D eigenvalue weighted by molar-refractivity contribution is 5.85. The number of alkyl halides is 5. The van der Waals surface area contributed by atoms with Gasteiger partial charge in [-0.05, 0) is 11.1 Å². The van der Waals surface area contributed by atoms with Crippen molar-refractivity contribution in [3.63, 3.8) is 0 Å². The van der Waals surface area contributed by atoms with Crippen molar-refractivity contribution in [2.24, 2.45) is 0 Å². The molecule has 0 spiro atoms. The second kappa shape index (κ2) is 7.41. The number of carbonyl (C=O) groups is 1. The van der Waals surface area contributed by atoms with Crippen LogP contribution in [0.1, 0.15) is 11.1 Å². The van der Waals surface area contributed by atoms with Crippen molar-refractivity contribution in [3.8, 4) is 0 Å². The van der Waals surface area contributed by atoms with E-state index in [-0.39, 0.29) is 11.1 Å². The van der Waals surface area contributed by atoms with Crippen molar-refractivity contribution >= 4 is 5.97 Å². The van der Waals surface area contributed by atoms with Crippen LogP contribution in [-0.4, -0.2) is 31.8 Å². The highest BCUT2D eigenvalue weighted by Crippen LogP contribution is 2.38. The zero-order valence-corrected chi connectivity index (χ0v) is 13.6. The van der Waals surface area contributed by atoms with Crippen molar-refractivity contribution < 1.29 is 36.2 Å². The van der Waals surface area contributed by atoms with Crippen LogP contribution < -0.4 is 0 Å². The summed E-state index contributed by atoms with van der Waals surface area (Å²) in [4.78, 5) is 12.6. The Kier molecular flexibility index (Phi) is 5.65. The van der Waals surface area contributed by atoms with Gasteiger partial charge < -0.3 is 9.47 Å². The van der Waals surface area contributed by atoms with Crippen molar-refractivity contribution in [1.82, 2.24) is 0 Å². The molecule has 0 aliphatic carbocycles. The van der Waals surface area contributed by atoms with Gasteiger partial charge in [-0.15, -0.1) is 0 Å². The second-order valence-corrected chi connectivity index (χ2v) is 5.40. The molecule has 0 atom stereocenters. The van der Waals surface area contributed by atoms with Crippen LogP contribution in [-0.2, 0) is 19.9 Å². The number of esters is 1. The molecule has 0 fully saturated rings. The van der Waals surface area contributed by atoms with Gasteiger partial charge in [0.15, 0.2) is 6.61 Å². The maximum Gasteiger partial charge on any atom is 0.456 e. The third-order valence-corrected chi connectivity index (χ3v) is 3.75. The topological polar surface area (TPSA) is 35.5 Å². The minimum atomic E-state index is -5.83. The lowest BCUT2D eigenvalue weighted by atomic mass is 9.86. The largest absolute Gasteiger partial charge is 0.456 e. The number of benzene rings is 2. The highest BCUT2D eigenvalue weighted by atomic mass is 19.4. The van der Waals surface area contributed by atoms with E-state index < -0.39 is 30.3 Å². The maximum atomic E-state index is 13.1. The Bertz CT molecular complexity index is 690. The molecule has 2 aromatic rings. The summed E-state index contributed by atoms with van der Waals surface area (Å²) in [6.45, 7) is -2.14. The Morgan fingerprint density at radius 1 is 0.846 bits per heavy atom. The molecule has 0 amide bonds. The summed E-state index contributed by atoms with van der Waals surface area (Å²) in [7, 11) is 1.14. The van der Waals surface area contributed by atoms with Crippen molar-refractivity contribution in [3.05, 3.63) is 71.8 Å². The number of hydrogen-bond donors (Lipinski definition) is 0. The molecule has 2 aromatic carbocycles. The monoisotopic (exact) mass is 374 g/mol. The lowest BCUT2D eigenvalue weighted by molar-refractivity contribution is -0.295. The number of methoxy groups -OCH3 is 1. The maximum absolute atomic E-state index is 13.1. The zero-order chi connectivity index (χ0) is 19.4. The molecule has 8 heteroatoms. The van der Waals surface area contributed by atoms with Gasteiger partial charge in [-0.3, -0.25) is 0 Å². The third kappa shape index (κ3) is 3.70. The molecule has 0 radical (unpaired) electrons. The Morgan fingerprint density at radius 3 is 1.62 bits per heavy atom. The minimum absolute atomic E-state index is 0.231. The first-order chi connectivity index (χ1) is 12.1. The molecule has 0 aliphatic heterocycles. The van der Waals surface area contributed by atoms with Crippen LogP contribution in [0.4, 0.5) is 22.0 Å². The molecule has 2 rings (SSSR count). The summed E-state index contributed by atoms with van der Waals surface area (Å²) in [6.07, 6.45) is -5.83. The predicted octanol–water partition coefficient (Wildman–Crippen LogP) is 4.32. The van der Waals surface area contributed by atoms with Gasteiger partial charge in [0.1, 0.15) is 0 Å². The fourth-order valence-corrected chi connectivity index (χ4v) is 2.41. The van der Waals surface area contributed by atoms with Gasteiger partial charge in [0, 0.05) is 7.11 Å². The van der Waals surface area contributed by atoms with Crippen LogP contribution in [0.25, 0.3) is 0 Å². The van der Waals surface area contributed by atoms with Gasteiger partial charge in [0.05, 0.1) is 0 Å². The van der Waals surface area contributed by atoms with Crippen LogP contribution in [0.5, 0.6) is 0 Å². The van der Waals surface area contributed by atoms with E-state index in [1.165, 1.54) is 24.3 Å². The summed E-state index contributed by atoms with van der Waals surface area (Å²) < 4.78 is 73.0. The Labute approximate surface area is 146 Å². The molecule has 0 unspecified atom stereocenters. The van der Waals surface area contributed by atoms with Crippen LogP contribution in [0.3, 0.4) is 0 Å². The van der Waals surface area contributed by atoms with Gasteiger partial charge >= 0.3 is 18.1 Å². The minimum Gasteiger partial charge on any atom is -0.456 e. The molecule has 3 nitrogen and oxygen atoms in total. The molecule has 0 bridgehead atoms. The van der Waals surface area contributed by atoms with Crippen molar-refractivity contribution in [1.29, 1.82) is 0 Å². The zero-order valence-electron chi connectivity index (χ0n) is 13.6. The van der Waals surface area contributed by atoms with Gasteiger partial charge in [0.2, 0.25) is 5.60 Å². The number of halogens is 5. The first-order valence-corrected chi connectivity index (χ1v) is 7.43. The van der Waals surface area contributed by atoms with E-state index in [0.717, 1.165) is 7.11 Å². The quantitative estimate of drug-likeness (QED) is 0.558. The smallest absolute Gasteiger partial charge is 0.456 e. The molecular formula is C18H15F5O3. The predicted molar refractivity (Wildman–Crippen MR) is 82.6 cm³/mol. The van der Waals surface area contributed by atoms with Crippen LogP contribution in [0, 0.1) is 0 Å². The summed E-state index contributed by atoms with van der Waals surface area (Å²) in [6, 6.07) is 15.5.